The summed E-state index contributed by atoms with van der Waals surface area (Å²) in [6.07, 6.45) is 10.1. The molecule has 0 N–H and O–H groups in total. The lowest BCUT2D eigenvalue weighted by atomic mass is 9.81. The number of benzene rings is 4. The van der Waals surface area contributed by atoms with Crippen LogP contribution < -0.4 is 9.47 Å². The maximum absolute atomic E-state index is 13.1. The van der Waals surface area contributed by atoms with Gasteiger partial charge in [-0.15, -0.1) is 0 Å². The lowest BCUT2D eigenvalue weighted by molar-refractivity contribution is 0.00383. The monoisotopic (exact) mass is 729 g/mol. The van der Waals surface area contributed by atoms with E-state index < -0.39 is 5.60 Å². The van der Waals surface area contributed by atoms with Crippen molar-refractivity contribution < 1.29 is 23.8 Å². The molecule has 0 saturated carbocycles. The first-order valence-electron chi connectivity index (χ1n) is 19.2. The van der Waals surface area contributed by atoms with Gasteiger partial charge in [-0.3, -0.25) is 9.59 Å². The van der Waals surface area contributed by atoms with E-state index in [1.54, 1.807) is 62.0 Å². The second kappa shape index (κ2) is 21.5. The van der Waals surface area contributed by atoms with Gasteiger partial charge in [0, 0.05) is 18.2 Å². The molecule has 54 heavy (non-hydrogen) atoms. The molecule has 0 aliphatic rings. The number of aryl methyl sites for hydroxylation is 1. The van der Waals surface area contributed by atoms with Crippen LogP contribution in [0.1, 0.15) is 104 Å². The molecule has 0 radical (unpaired) electrons. The first kappa shape index (κ1) is 41.5. The van der Waals surface area contributed by atoms with Crippen molar-refractivity contribution in [3.8, 4) is 34.3 Å². The van der Waals surface area contributed by atoms with Gasteiger partial charge in [-0.1, -0.05) is 132 Å². The number of aromatic nitrogens is 3. The predicted octanol–water partition coefficient (Wildman–Crippen LogP) is 10.6. The van der Waals surface area contributed by atoms with Crippen molar-refractivity contribution in [3.05, 3.63) is 126 Å². The van der Waals surface area contributed by atoms with Crippen LogP contribution in [0.2, 0.25) is 0 Å². The number of carbonyl (C=O) groups excluding carboxylic acids is 2. The summed E-state index contributed by atoms with van der Waals surface area (Å²) in [6.45, 7) is 9.31. The van der Waals surface area contributed by atoms with Crippen LogP contribution in [0, 0.1) is 0 Å². The van der Waals surface area contributed by atoms with Gasteiger partial charge in [-0.2, -0.15) is 0 Å². The molecule has 5 aromatic rings. The summed E-state index contributed by atoms with van der Waals surface area (Å²) in [5, 5.41) is 0. The van der Waals surface area contributed by atoms with E-state index in [0.717, 1.165) is 54.7 Å². The molecule has 0 saturated heterocycles. The highest BCUT2D eigenvalue weighted by atomic mass is 16.5. The van der Waals surface area contributed by atoms with E-state index in [9.17, 15) is 9.59 Å². The fourth-order valence-electron chi connectivity index (χ4n) is 6.51. The molecule has 0 aliphatic heterocycles. The van der Waals surface area contributed by atoms with Gasteiger partial charge in [0.15, 0.2) is 17.2 Å². The third kappa shape index (κ3) is 10.3. The molecule has 0 fully saturated rings. The molecular weight excluding hydrogens is 675 g/mol. The summed E-state index contributed by atoms with van der Waals surface area (Å²) in [7, 11) is 3.10. The number of rotatable bonds is 19. The number of methoxy groups -OCH3 is 2. The first-order valence-corrected chi connectivity index (χ1v) is 19.2. The average Bonchev–Trinajstić information content (AvgIpc) is 3.24. The molecule has 284 valence electrons. The van der Waals surface area contributed by atoms with Crippen LogP contribution in [0.5, 0.6) is 11.5 Å². The number of Topliss-reactive ketones (excluding diaryl/α,β-unsaturated/α-hetero) is 2. The third-order valence-electron chi connectivity index (χ3n) is 9.53. The standard InChI is InChI=1S/C26H33N3O2.C20H22O3/c1-5-8-9-12-17-31-24-20(7-3)19(6-2)15-16-22(24)26-28-18-27-25(29-26)21-13-10-11-14-23(21)30-4;1-3-4-15-20(23-2,18(21)16-11-7-5-8-12-16)19(22)17-13-9-6-10-14-17/h10-11,13-16,18H,5-9,12,17H2,1-4H3;5-14H,3-4,15H2,1-2H3. The second-order valence-corrected chi connectivity index (χ2v) is 13.1. The van der Waals surface area contributed by atoms with Gasteiger partial charge in [-0.05, 0) is 61.4 Å². The lowest BCUT2D eigenvalue weighted by Crippen LogP contribution is -2.48. The van der Waals surface area contributed by atoms with E-state index in [0.29, 0.717) is 35.8 Å². The SMILES string of the molecule is CCCCC(OC)(C(=O)c1ccccc1)C(=O)c1ccccc1.CCCCCCOc1c(-c2ncnc(-c3ccccc3OC)n2)ccc(CC)c1CC. The van der Waals surface area contributed by atoms with Crippen molar-refractivity contribution in [2.45, 2.75) is 91.1 Å². The Morgan fingerprint density at radius 1 is 0.630 bits per heavy atom. The molecule has 1 heterocycles. The Balaban J connectivity index is 0.000000252. The van der Waals surface area contributed by atoms with E-state index in [4.69, 9.17) is 19.2 Å². The fraction of sp³-hybridized carbons (Fsp3) is 0.370. The fourth-order valence-corrected chi connectivity index (χ4v) is 6.51. The summed E-state index contributed by atoms with van der Waals surface area (Å²) in [6, 6.07) is 29.8. The zero-order valence-corrected chi connectivity index (χ0v) is 32.8. The van der Waals surface area contributed by atoms with E-state index in [1.807, 2.05) is 43.3 Å². The number of hydrogen-bond acceptors (Lipinski definition) is 8. The van der Waals surface area contributed by atoms with E-state index in [-0.39, 0.29) is 11.6 Å². The van der Waals surface area contributed by atoms with Crippen LogP contribution in [-0.4, -0.2) is 52.9 Å². The normalized spacial score (nSPS) is 11.0. The Morgan fingerprint density at radius 3 is 1.78 bits per heavy atom. The van der Waals surface area contributed by atoms with Crippen molar-refractivity contribution in [2.24, 2.45) is 0 Å². The van der Waals surface area contributed by atoms with Crippen molar-refractivity contribution >= 4 is 11.6 Å². The number of nitrogens with zero attached hydrogens (tertiary/aromatic N) is 3. The highest BCUT2D eigenvalue weighted by Gasteiger charge is 2.46. The summed E-state index contributed by atoms with van der Waals surface area (Å²) < 4.78 is 17.4. The molecule has 5 rings (SSSR count). The van der Waals surface area contributed by atoms with Gasteiger partial charge in [0.2, 0.25) is 11.6 Å². The quantitative estimate of drug-likeness (QED) is 0.0470. The maximum Gasteiger partial charge on any atom is 0.202 e. The Hall–Kier alpha value is -5.21. The van der Waals surface area contributed by atoms with Crippen LogP contribution in [-0.2, 0) is 17.6 Å². The summed E-state index contributed by atoms with van der Waals surface area (Å²) in [4.78, 5) is 39.8. The molecule has 0 unspecified atom stereocenters. The van der Waals surface area contributed by atoms with Gasteiger partial charge in [-0.25, -0.2) is 15.0 Å². The summed E-state index contributed by atoms with van der Waals surface area (Å²) >= 11 is 0. The largest absolute Gasteiger partial charge is 0.496 e. The van der Waals surface area contributed by atoms with Gasteiger partial charge >= 0.3 is 0 Å². The Kier molecular flexibility index (Phi) is 16.5. The first-order chi connectivity index (χ1) is 26.4. The molecular formula is C46H55N3O5. The molecule has 0 spiro atoms. The molecule has 0 aliphatic carbocycles. The number of ether oxygens (including phenoxy) is 3. The Bertz CT molecular complexity index is 1860. The Labute approximate surface area is 321 Å². The van der Waals surface area contributed by atoms with Crippen LogP contribution in [0.25, 0.3) is 22.8 Å². The van der Waals surface area contributed by atoms with Gasteiger partial charge in [0.05, 0.1) is 24.8 Å². The minimum atomic E-state index is -1.46. The van der Waals surface area contributed by atoms with Crippen LogP contribution in [0.4, 0.5) is 0 Å². The average molecular weight is 730 g/mol. The van der Waals surface area contributed by atoms with Crippen molar-refractivity contribution in [2.75, 3.05) is 20.8 Å². The number of unbranched alkanes of at least 4 members (excludes halogenated alkanes) is 4. The molecule has 1 aromatic heterocycles. The minimum Gasteiger partial charge on any atom is -0.496 e. The van der Waals surface area contributed by atoms with Crippen LogP contribution >= 0.6 is 0 Å². The Morgan fingerprint density at radius 2 is 1.22 bits per heavy atom. The summed E-state index contributed by atoms with van der Waals surface area (Å²) in [5.41, 5.74) is 3.85. The second-order valence-electron chi connectivity index (χ2n) is 13.1. The molecule has 0 atom stereocenters. The smallest absolute Gasteiger partial charge is 0.202 e. The minimum absolute atomic E-state index is 0.275. The van der Waals surface area contributed by atoms with E-state index in [1.165, 1.54) is 37.5 Å². The van der Waals surface area contributed by atoms with Crippen LogP contribution in [0.3, 0.4) is 0 Å². The van der Waals surface area contributed by atoms with Crippen molar-refractivity contribution in [1.82, 2.24) is 15.0 Å². The summed E-state index contributed by atoms with van der Waals surface area (Å²) in [5.74, 6) is 2.31. The molecule has 0 bridgehead atoms. The highest BCUT2D eigenvalue weighted by molar-refractivity contribution is 6.22. The highest BCUT2D eigenvalue weighted by Crippen LogP contribution is 2.36. The third-order valence-corrected chi connectivity index (χ3v) is 9.53. The predicted molar refractivity (Wildman–Crippen MR) is 216 cm³/mol. The maximum atomic E-state index is 13.1. The molecule has 8 heteroatoms. The number of para-hydroxylation sites is 1. The van der Waals surface area contributed by atoms with Gasteiger partial charge in [0.25, 0.3) is 0 Å². The zero-order chi connectivity index (χ0) is 38.8. The molecule has 4 aromatic carbocycles. The van der Waals surface area contributed by atoms with E-state index >= 15 is 0 Å². The van der Waals surface area contributed by atoms with Crippen molar-refractivity contribution in [3.63, 3.8) is 0 Å². The topological polar surface area (TPSA) is 101 Å². The van der Waals surface area contributed by atoms with Crippen LogP contribution in [0.15, 0.2) is 103 Å². The number of hydrogen-bond donors (Lipinski definition) is 0. The molecule has 0 amide bonds. The number of ketones is 2. The molecule has 8 nitrogen and oxygen atoms in total. The van der Waals surface area contributed by atoms with Gasteiger partial charge < -0.3 is 14.2 Å². The number of carbonyl (C=O) groups is 2. The lowest BCUT2D eigenvalue weighted by Gasteiger charge is -2.29. The van der Waals surface area contributed by atoms with Crippen molar-refractivity contribution in [1.29, 1.82) is 0 Å². The van der Waals surface area contributed by atoms with E-state index in [2.05, 4.69) is 42.9 Å². The van der Waals surface area contributed by atoms with Gasteiger partial charge in [0.1, 0.15) is 17.8 Å². The zero-order valence-electron chi connectivity index (χ0n) is 32.8.